The zero-order valence-electron chi connectivity index (χ0n) is 8.02. The standard InChI is InChI=1S/C10H9NO4/c1-2-15-10(14)7-4-8(12)6(5-11)3-9(7)13/h3-4,12-13H,2H2,1H3. The molecule has 15 heavy (non-hydrogen) atoms. The summed E-state index contributed by atoms with van der Waals surface area (Å²) in [4.78, 5) is 11.2. The smallest absolute Gasteiger partial charge is 0.342 e. The Morgan fingerprint density at radius 2 is 2.13 bits per heavy atom. The van der Waals surface area contributed by atoms with Gasteiger partial charge >= 0.3 is 5.97 Å². The van der Waals surface area contributed by atoms with Crippen LogP contribution in [0.3, 0.4) is 0 Å². The fraction of sp³-hybridized carbons (Fsp3) is 0.200. The minimum Gasteiger partial charge on any atom is -0.507 e. The summed E-state index contributed by atoms with van der Waals surface area (Å²) >= 11 is 0. The van der Waals surface area contributed by atoms with Crippen molar-refractivity contribution in [1.82, 2.24) is 0 Å². The van der Waals surface area contributed by atoms with Crippen molar-refractivity contribution in [3.05, 3.63) is 23.3 Å². The Morgan fingerprint density at radius 1 is 1.47 bits per heavy atom. The Kier molecular flexibility index (Phi) is 3.13. The van der Waals surface area contributed by atoms with E-state index in [1.54, 1.807) is 13.0 Å². The third-order valence-electron chi connectivity index (χ3n) is 1.73. The molecule has 0 amide bonds. The second-order valence-corrected chi connectivity index (χ2v) is 2.72. The molecule has 0 aromatic heterocycles. The SMILES string of the molecule is CCOC(=O)c1cc(O)c(C#N)cc1O. The lowest BCUT2D eigenvalue weighted by Gasteiger charge is -2.05. The first-order valence-electron chi connectivity index (χ1n) is 4.23. The van der Waals surface area contributed by atoms with Crippen molar-refractivity contribution in [3.63, 3.8) is 0 Å². The van der Waals surface area contributed by atoms with Crippen molar-refractivity contribution < 1.29 is 19.7 Å². The van der Waals surface area contributed by atoms with Crippen LogP contribution in [0.1, 0.15) is 22.8 Å². The normalized spacial score (nSPS) is 9.33. The van der Waals surface area contributed by atoms with Crippen LogP contribution < -0.4 is 0 Å². The fourth-order valence-corrected chi connectivity index (χ4v) is 1.04. The Morgan fingerprint density at radius 3 is 2.67 bits per heavy atom. The molecule has 0 spiro atoms. The molecule has 0 aliphatic carbocycles. The number of phenolic OH excluding ortho intramolecular Hbond substituents is 2. The van der Waals surface area contributed by atoms with Crippen LogP contribution in [-0.4, -0.2) is 22.8 Å². The molecule has 1 aromatic rings. The van der Waals surface area contributed by atoms with E-state index in [-0.39, 0.29) is 29.2 Å². The molecule has 0 heterocycles. The van der Waals surface area contributed by atoms with Crippen LogP contribution in [-0.2, 0) is 4.74 Å². The molecule has 1 aromatic carbocycles. The molecule has 0 radical (unpaired) electrons. The summed E-state index contributed by atoms with van der Waals surface area (Å²) in [6.07, 6.45) is 0. The van der Waals surface area contributed by atoms with Gasteiger partial charge in [0.2, 0.25) is 0 Å². The van der Waals surface area contributed by atoms with Gasteiger partial charge in [-0.1, -0.05) is 0 Å². The van der Waals surface area contributed by atoms with Gasteiger partial charge in [0, 0.05) is 6.07 Å². The minimum absolute atomic E-state index is 0.0967. The summed E-state index contributed by atoms with van der Waals surface area (Å²) in [6.45, 7) is 1.79. The average molecular weight is 207 g/mol. The molecule has 0 saturated carbocycles. The van der Waals surface area contributed by atoms with E-state index < -0.39 is 5.97 Å². The lowest BCUT2D eigenvalue weighted by molar-refractivity contribution is 0.0522. The van der Waals surface area contributed by atoms with Gasteiger partial charge in [-0.3, -0.25) is 0 Å². The highest BCUT2D eigenvalue weighted by atomic mass is 16.5. The number of hydrogen-bond donors (Lipinski definition) is 2. The van der Waals surface area contributed by atoms with E-state index in [0.29, 0.717) is 0 Å². The second-order valence-electron chi connectivity index (χ2n) is 2.72. The van der Waals surface area contributed by atoms with E-state index >= 15 is 0 Å². The molecule has 0 atom stereocenters. The second kappa shape index (κ2) is 4.33. The molecule has 0 aliphatic heterocycles. The number of carbonyl (C=O) groups excluding carboxylic acids is 1. The summed E-state index contributed by atoms with van der Waals surface area (Å²) in [5.41, 5.74) is -0.256. The number of aromatic hydroxyl groups is 2. The van der Waals surface area contributed by atoms with Crippen molar-refractivity contribution in [2.24, 2.45) is 0 Å². The van der Waals surface area contributed by atoms with Crippen molar-refractivity contribution in [3.8, 4) is 17.6 Å². The maximum atomic E-state index is 11.2. The van der Waals surface area contributed by atoms with E-state index in [0.717, 1.165) is 12.1 Å². The summed E-state index contributed by atoms with van der Waals surface area (Å²) < 4.78 is 4.64. The van der Waals surface area contributed by atoms with Crippen molar-refractivity contribution >= 4 is 5.97 Å². The molecule has 5 heteroatoms. The molecule has 0 saturated heterocycles. The fourth-order valence-electron chi connectivity index (χ4n) is 1.04. The van der Waals surface area contributed by atoms with Gasteiger partial charge in [0.05, 0.1) is 12.2 Å². The summed E-state index contributed by atoms with van der Waals surface area (Å²) in [6, 6.07) is 3.69. The average Bonchev–Trinajstić information content (AvgIpc) is 2.21. The Bertz CT molecular complexity index is 434. The van der Waals surface area contributed by atoms with Gasteiger partial charge in [0.1, 0.15) is 23.1 Å². The van der Waals surface area contributed by atoms with Gasteiger partial charge in [-0.05, 0) is 13.0 Å². The number of hydrogen-bond acceptors (Lipinski definition) is 5. The largest absolute Gasteiger partial charge is 0.507 e. The van der Waals surface area contributed by atoms with Crippen LogP contribution in [0.15, 0.2) is 12.1 Å². The predicted molar refractivity (Wildman–Crippen MR) is 50.4 cm³/mol. The molecule has 0 aliphatic rings. The van der Waals surface area contributed by atoms with Gasteiger partial charge in [-0.15, -0.1) is 0 Å². The van der Waals surface area contributed by atoms with E-state index in [1.807, 2.05) is 0 Å². The third kappa shape index (κ3) is 2.17. The Hall–Kier alpha value is -2.22. The lowest BCUT2D eigenvalue weighted by atomic mass is 10.1. The van der Waals surface area contributed by atoms with Gasteiger partial charge in [-0.2, -0.15) is 5.26 Å². The van der Waals surface area contributed by atoms with Crippen LogP contribution in [0.2, 0.25) is 0 Å². The summed E-state index contributed by atoms with van der Waals surface area (Å²) in [7, 11) is 0. The lowest BCUT2D eigenvalue weighted by Crippen LogP contribution is -2.05. The number of esters is 1. The predicted octanol–water partition coefficient (Wildman–Crippen LogP) is 1.15. The van der Waals surface area contributed by atoms with Crippen LogP contribution >= 0.6 is 0 Å². The summed E-state index contributed by atoms with van der Waals surface area (Å²) in [5, 5.41) is 27.2. The van der Waals surface area contributed by atoms with Crippen molar-refractivity contribution in [2.75, 3.05) is 6.61 Å². The maximum Gasteiger partial charge on any atom is 0.342 e. The van der Waals surface area contributed by atoms with E-state index in [2.05, 4.69) is 4.74 Å². The zero-order chi connectivity index (χ0) is 11.4. The van der Waals surface area contributed by atoms with Gasteiger partial charge in [0.25, 0.3) is 0 Å². The molecule has 0 bridgehead atoms. The van der Waals surface area contributed by atoms with Crippen molar-refractivity contribution in [2.45, 2.75) is 6.92 Å². The third-order valence-corrected chi connectivity index (χ3v) is 1.73. The molecule has 2 N–H and O–H groups in total. The van der Waals surface area contributed by atoms with E-state index in [1.165, 1.54) is 0 Å². The first-order valence-corrected chi connectivity index (χ1v) is 4.23. The van der Waals surface area contributed by atoms with Crippen LogP contribution in [0.25, 0.3) is 0 Å². The number of rotatable bonds is 2. The molecule has 78 valence electrons. The molecule has 5 nitrogen and oxygen atoms in total. The van der Waals surface area contributed by atoms with Crippen molar-refractivity contribution in [1.29, 1.82) is 5.26 Å². The highest BCUT2D eigenvalue weighted by molar-refractivity contribution is 5.93. The Labute approximate surface area is 86.1 Å². The zero-order valence-corrected chi connectivity index (χ0v) is 8.02. The first-order chi connectivity index (χ1) is 7.10. The van der Waals surface area contributed by atoms with Crippen LogP contribution in [0.4, 0.5) is 0 Å². The number of nitriles is 1. The van der Waals surface area contributed by atoms with Gasteiger partial charge in [0.15, 0.2) is 0 Å². The molecule has 0 fully saturated rings. The first kappa shape index (κ1) is 10.9. The number of nitrogens with zero attached hydrogens (tertiary/aromatic N) is 1. The van der Waals surface area contributed by atoms with E-state index in [9.17, 15) is 15.0 Å². The molecular weight excluding hydrogens is 198 g/mol. The van der Waals surface area contributed by atoms with Gasteiger partial charge < -0.3 is 14.9 Å². The monoisotopic (exact) mass is 207 g/mol. The van der Waals surface area contributed by atoms with Crippen LogP contribution in [0, 0.1) is 11.3 Å². The Balaban J connectivity index is 3.17. The quantitative estimate of drug-likeness (QED) is 0.560. The topological polar surface area (TPSA) is 90.5 Å². The van der Waals surface area contributed by atoms with E-state index in [4.69, 9.17) is 5.26 Å². The number of phenols is 2. The van der Waals surface area contributed by atoms with Gasteiger partial charge in [-0.25, -0.2) is 4.79 Å². The molecular formula is C10H9NO4. The maximum absolute atomic E-state index is 11.2. The number of ether oxygens (including phenoxy) is 1. The summed E-state index contributed by atoms with van der Waals surface area (Å²) in [5.74, 6) is -1.49. The molecule has 1 rings (SSSR count). The highest BCUT2D eigenvalue weighted by Gasteiger charge is 2.15. The number of benzene rings is 1. The minimum atomic E-state index is -0.741. The highest BCUT2D eigenvalue weighted by Crippen LogP contribution is 2.27. The van der Waals surface area contributed by atoms with Crippen LogP contribution in [0.5, 0.6) is 11.5 Å². The molecule has 0 unspecified atom stereocenters. The number of carbonyl (C=O) groups is 1.